The van der Waals surface area contributed by atoms with Crippen molar-refractivity contribution in [3.8, 4) is 5.75 Å². The first-order chi connectivity index (χ1) is 14.1. The van der Waals surface area contributed by atoms with Crippen molar-refractivity contribution in [2.75, 3.05) is 6.61 Å². The summed E-state index contributed by atoms with van der Waals surface area (Å²) >= 11 is 0. The van der Waals surface area contributed by atoms with Gasteiger partial charge in [0.15, 0.2) is 11.7 Å². The van der Waals surface area contributed by atoms with E-state index in [1.165, 1.54) is 6.42 Å². The van der Waals surface area contributed by atoms with Gasteiger partial charge in [-0.25, -0.2) is 8.78 Å². The van der Waals surface area contributed by atoms with Crippen LogP contribution < -0.4 is 4.74 Å². The van der Waals surface area contributed by atoms with Gasteiger partial charge >= 0.3 is 0 Å². The molecule has 0 aliphatic heterocycles. The molecule has 3 heteroatoms. The van der Waals surface area contributed by atoms with E-state index in [0.717, 1.165) is 35.6 Å². The fourth-order valence-corrected chi connectivity index (χ4v) is 3.26. The van der Waals surface area contributed by atoms with E-state index in [1.807, 2.05) is 30.3 Å². The second kappa shape index (κ2) is 10.0. The van der Waals surface area contributed by atoms with Gasteiger partial charge in [-0.1, -0.05) is 74.9 Å². The second-order valence-corrected chi connectivity index (χ2v) is 7.11. The number of benzene rings is 3. The Morgan fingerprint density at radius 2 is 1.52 bits per heavy atom. The van der Waals surface area contributed by atoms with Crippen LogP contribution >= 0.6 is 0 Å². The molecule has 0 atom stereocenters. The van der Waals surface area contributed by atoms with Crippen LogP contribution in [0.15, 0.2) is 73.3 Å². The summed E-state index contributed by atoms with van der Waals surface area (Å²) in [5.74, 6) is -0.973. The Balaban J connectivity index is 1.81. The predicted octanol–water partition coefficient (Wildman–Crippen LogP) is 7.90. The molecule has 3 rings (SSSR count). The van der Waals surface area contributed by atoms with E-state index in [9.17, 15) is 8.78 Å². The molecular weight excluding hydrogens is 366 g/mol. The normalized spacial score (nSPS) is 12.0. The summed E-state index contributed by atoms with van der Waals surface area (Å²) in [6, 6.07) is 17.6. The highest BCUT2D eigenvalue weighted by atomic mass is 19.2. The molecule has 0 saturated carbocycles. The summed E-state index contributed by atoms with van der Waals surface area (Å²) in [6.07, 6.45) is 6.09. The van der Waals surface area contributed by atoms with Gasteiger partial charge in [0.05, 0.1) is 0 Å². The molecule has 0 heterocycles. The van der Waals surface area contributed by atoms with Gasteiger partial charge < -0.3 is 4.74 Å². The SMILES string of the molecule is C=CCOc1ccc2cc(C(F)=C(F)c3ccc(CCCCC)cc3)ccc2c1. The van der Waals surface area contributed by atoms with E-state index >= 15 is 0 Å². The Kier molecular flexibility index (Phi) is 7.18. The summed E-state index contributed by atoms with van der Waals surface area (Å²) < 4.78 is 35.1. The smallest absolute Gasteiger partial charge is 0.166 e. The van der Waals surface area contributed by atoms with E-state index in [2.05, 4.69) is 13.5 Å². The number of unbranched alkanes of at least 4 members (excludes halogenated alkanes) is 2. The zero-order valence-corrected chi connectivity index (χ0v) is 16.8. The molecule has 3 aromatic carbocycles. The van der Waals surface area contributed by atoms with Crippen LogP contribution in [0.4, 0.5) is 8.78 Å². The standard InChI is InChI=1S/C26H26F2O/c1-3-5-6-7-19-8-10-20(11-9-19)25(27)26(28)23-13-12-22-18-24(29-16-4-2)15-14-21(22)17-23/h4,8-15,17-18H,2-3,5-7,16H2,1H3. The average molecular weight is 392 g/mol. The summed E-state index contributed by atoms with van der Waals surface area (Å²) in [5.41, 5.74) is 1.63. The van der Waals surface area contributed by atoms with Crippen molar-refractivity contribution in [1.29, 1.82) is 0 Å². The lowest BCUT2D eigenvalue weighted by Crippen LogP contribution is -1.92. The van der Waals surface area contributed by atoms with Gasteiger partial charge in [0.25, 0.3) is 0 Å². The van der Waals surface area contributed by atoms with Crippen LogP contribution in [0.5, 0.6) is 5.75 Å². The maximum absolute atomic E-state index is 14.8. The van der Waals surface area contributed by atoms with E-state index in [0.29, 0.717) is 12.4 Å². The minimum Gasteiger partial charge on any atom is -0.490 e. The van der Waals surface area contributed by atoms with Gasteiger partial charge in [0, 0.05) is 11.1 Å². The fourth-order valence-electron chi connectivity index (χ4n) is 3.26. The number of aryl methyl sites for hydroxylation is 1. The highest BCUT2D eigenvalue weighted by Gasteiger charge is 2.12. The summed E-state index contributed by atoms with van der Waals surface area (Å²) in [6.45, 7) is 6.21. The molecule has 0 saturated heterocycles. The lowest BCUT2D eigenvalue weighted by atomic mass is 10.0. The molecule has 0 aromatic heterocycles. The van der Waals surface area contributed by atoms with E-state index in [1.54, 1.807) is 36.4 Å². The molecule has 0 N–H and O–H groups in total. The molecule has 0 fully saturated rings. The van der Waals surface area contributed by atoms with E-state index < -0.39 is 11.7 Å². The van der Waals surface area contributed by atoms with Crippen LogP contribution in [0.3, 0.4) is 0 Å². The molecule has 1 nitrogen and oxygen atoms in total. The van der Waals surface area contributed by atoms with Gasteiger partial charge in [-0.05, 0) is 47.4 Å². The number of halogens is 2. The third-order valence-corrected chi connectivity index (χ3v) is 4.90. The first-order valence-electron chi connectivity index (χ1n) is 10.0. The molecule has 0 aliphatic carbocycles. The summed E-state index contributed by atoms with van der Waals surface area (Å²) in [7, 11) is 0. The molecule has 0 amide bonds. The lowest BCUT2D eigenvalue weighted by Gasteiger charge is -2.07. The molecule has 0 bridgehead atoms. The van der Waals surface area contributed by atoms with Crippen molar-refractivity contribution >= 4 is 22.4 Å². The summed E-state index contributed by atoms with van der Waals surface area (Å²) in [4.78, 5) is 0. The van der Waals surface area contributed by atoms with Gasteiger partial charge in [0.1, 0.15) is 12.4 Å². The van der Waals surface area contributed by atoms with Crippen molar-refractivity contribution in [2.24, 2.45) is 0 Å². The van der Waals surface area contributed by atoms with E-state index in [-0.39, 0.29) is 11.1 Å². The highest BCUT2D eigenvalue weighted by Crippen LogP contribution is 2.31. The Bertz CT molecular complexity index is 1000. The van der Waals surface area contributed by atoms with Crippen LogP contribution in [0, 0.1) is 0 Å². The average Bonchev–Trinajstić information content (AvgIpc) is 2.77. The molecule has 29 heavy (non-hydrogen) atoms. The molecule has 0 unspecified atom stereocenters. The Morgan fingerprint density at radius 1 is 0.862 bits per heavy atom. The number of rotatable bonds is 9. The monoisotopic (exact) mass is 392 g/mol. The van der Waals surface area contributed by atoms with Gasteiger partial charge in [-0.3, -0.25) is 0 Å². The second-order valence-electron chi connectivity index (χ2n) is 7.11. The lowest BCUT2D eigenvalue weighted by molar-refractivity contribution is 0.364. The first kappa shape index (κ1) is 20.8. The van der Waals surface area contributed by atoms with Crippen LogP contribution in [-0.4, -0.2) is 6.61 Å². The molecule has 0 spiro atoms. The number of hydrogen-bond donors (Lipinski definition) is 0. The van der Waals surface area contributed by atoms with Crippen LogP contribution in [0.2, 0.25) is 0 Å². The van der Waals surface area contributed by atoms with Crippen LogP contribution in [0.25, 0.3) is 22.4 Å². The quantitative estimate of drug-likeness (QED) is 0.204. The minimum absolute atomic E-state index is 0.224. The molecular formula is C26H26F2O. The van der Waals surface area contributed by atoms with Crippen molar-refractivity contribution in [2.45, 2.75) is 32.6 Å². The van der Waals surface area contributed by atoms with Gasteiger partial charge in [-0.2, -0.15) is 0 Å². The molecule has 0 radical (unpaired) electrons. The van der Waals surface area contributed by atoms with Crippen molar-refractivity contribution in [3.63, 3.8) is 0 Å². The minimum atomic E-state index is -0.849. The Hall–Kier alpha value is -2.94. The van der Waals surface area contributed by atoms with E-state index in [4.69, 9.17) is 4.74 Å². The maximum atomic E-state index is 14.8. The number of ether oxygens (including phenoxy) is 1. The largest absolute Gasteiger partial charge is 0.490 e. The molecule has 0 aliphatic rings. The Morgan fingerprint density at radius 3 is 2.24 bits per heavy atom. The third kappa shape index (κ3) is 5.32. The summed E-state index contributed by atoms with van der Waals surface area (Å²) in [5, 5.41) is 1.72. The van der Waals surface area contributed by atoms with Crippen LogP contribution in [0.1, 0.15) is 42.9 Å². The number of hydrogen-bond acceptors (Lipinski definition) is 1. The first-order valence-corrected chi connectivity index (χ1v) is 10.0. The Labute approximate surface area is 171 Å². The van der Waals surface area contributed by atoms with Crippen molar-refractivity contribution < 1.29 is 13.5 Å². The number of fused-ring (bicyclic) bond motifs is 1. The maximum Gasteiger partial charge on any atom is 0.166 e. The topological polar surface area (TPSA) is 9.23 Å². The van der Waals surface area contributed by atoms with Gasteiger partial charge in [0.2, 0.25) is 0 Å². The third-order valence-electron chi connectivity index (χ3n) is 4.90. The fraction of sp³-hybridized carbons (Fsp3) is 0.231. The zero-order chi connectivity index (χ0) is 20.6. The molecule has 3 aromatic rings. The molecule has 150 valence electrons. The van der Waals surface area contributed by atoms with Crippen molar-refractivity contribution in [3.05, 3.63) is 90.0 Å². The zero-order valence-electron chi connectivity index (χ0n) is 16.8. The van der Waals surface area contributed by atoms with Gasteiger partial charge in [-0.15, -0.1) is 0 Å². The highest BCUT2D eigenvalue weighted by molar-refractivity contribution is 5.90. The predicted molar refractivity (Wildman–Crippen MR) is 118 cm³/mol. The van der Waals surface area contributed by atoms with Crippen molar-refractivity contribution in [1.82, 2.24) is 0 Å². The van der Waals surface area contributed by atoms with Crippen LogP contribution in [-0.2, 0) is 6.42 Å².